The van der Waals surface area contributed by atoms with Gasteiger partial charge < -0.3 is 14.8 Å². The van der Waals surface area contributed by atoms with Crippen molar-refractivity contribution in [3.8, 4) is 0 Å². The number of rotatable bonds is 8. The van der Waals surface area contributed by atoms with Crippen LogP contribution in [-0.2, 0) is 20.9 Å². The van der Waals surface area contributed by atoms with E-state index in [9.17, 15) is 9.59 Å². The fraction of sp³-hybridized carbons (Fsp3) is 0.500. The second-order valence-corrected chi connectivity index (χ2v) is 4.80. The summed E-state index contributed by atoms with van der Waals surface area (Å²) >= 11 is 0. The minimum Gasteiger partial charge on any atom is -0.469 e. The summed E-state index contributed by atoms with van der Waals surface area (Å²) in [5, 5.41) is 2.62. The molecule has 0 aliphatic heterocycles. The van der Waals surface area contributed by atoms with E-state index in [0.717, 1.165) is 18.4 Å². The van der Waals surface area contributed by atoms with E-state index in [4.69, 9.17) is 9.47 Å². The predicted octanol–water partition coefficient (Wildman–Crippen LogP) is 2.89. The van der Waals surface area contributed by atoms with E-state index >= 15 is 0 Å². The van der Waals surface area contributed by atoms with Crippen LogP contribution in [0.5, 0.6) is 0 Å². The van der Waals surface area contributed by atoms with Gasteiger partial charge in [-0.25, -0.2) is 4.79 Å². The number of methoxy groups -OCH3 is 1. The first-order chi connectivity index (χ1) is 10.2. The molecule has 1 N–H and O–H groups in total. The van der Waals surface area contributed by atoms with Crippen LogP contribution in [0.15, 0.2) is 30.3 Å². The molecule has 1 rings (SSSR count). The van der Waals surface area contributed by atoms with Crippen LogP contribution in [0.3, 0.4) is 0 Å². The SMILES string of the molecule is CCCCC(CNC(=O)OCc1ccccc1)C(=O)OC. The van der Waals surface area contributed by atoms with Gasteiger partial charge in [-0.2, -0.15) is 0 Å². The lowest BCUT2D eigenvalue weighted by atomic mass is 10.0. The van der Waals surface area contributed by atoms with Crippen LogP contribution in [0.25, 0.3) is 0 Å². The van der Waals surface area contributed by atoms with Gasteiger partial charge in [0, 0.05) is 6.54 Å². The molecular weight excluding hydrogens is 270 g/mol. The molecule has 0 radical (unpaired) electrons. The molecule has 0 spiro atoms. The van der Waals surface area contributed by atoms with Gasteiger partial charge in [0.25, 0.3) is 0 Å². The first kappa shape index (κ1) is 17.0. The average Bonchev–Trinajstić information content (AvgIpc) is 2.53. The van der Waals surface area contributed by atoms with Crippen LogP contribution in [0.1, 0.15) is 31.7 Å². The smallest absolute Gasteiger partial charge is 0.407 e. The molecule has 0 aromatic heterocycles. The molecule has 1 unspecified atom stereocenters. The van der Waals surface area contributed by atoms with Crippen molar-refractivity contribution in [2.24, 2.45) is 5.92 Å². The normalized spacial score (nSPS) is 11.5. The van der Waals surface area contributed by atoms with Gasteiger partial charge in [-0.15, -0.1) is 0 Å². The second-order valence-electron chi connectivity index (χ2n) is 4.80. The van der Waals surface area contributed by atoms with E-state index < -0.39 is 6.09 Å². The van der Waals surface area contributed by atoms with Gasteiger partial charge in [-0.1, -0.05) is 50.1 Å². The number of carbonyl (C=O) groups is 2. The van der Waals surface area contributed by atoms with Crippen molar-refractivity contribution < 1.29 is 19.1 Å². The summed E-state index contributed by atoms with van der Waals surface area (Å²) in [6.45, 7) is 2.50. The maximum atomic E-state index is 11.6. The zero-order chi connectivity index (χ0) is 15.5. The summed E-state index contributed by atoms with van der Waals surface area (Å²) in [7, 11) is 1.36. The molecule has 1 aromatic carbocycles. The summed E-state index contributed by atoms with van der Waals surface area (Å²) in [5.74, 6) is -0.619. The van der Waals surface area contributed by atoms with Crippen LogP contribution in [0.4, 0.5) is 4.79 Å². The molecule has 116 valence electrons. The Kier molecular flexibility index (Phi) is 7.94. The van der Waals surface area contributed by atoms with Crippen LogP contribution < -0.4 is 5.32 Å². The number of hydrogen-bond donors (Lipinski definition) is 1. The van der Waals surface area contributed by atoms with Gasteiger partial charge in [0.05, 0.1) is 13.0 Å². The molecule has 5 heteroatoms. The van der Waals surface area contributed by atoms with E-state index in [1.807, 2.05) is 30.3 Å². The Balaban J connectivity index is 2.33. The lowest BCUT2D eigenvalue weighted by Gasteiger charge is -2.15. The van der Waals surface area contributed by atoms with Crippen molar-refractivity contribution in [1.29, 1.82) is 0 Å². The maximum absolute atomic E-state index is 11.6. The molecule has 1 aromatic rings. The number of carbonyl (C=O) groups excluding carboxylic acids is 2. The molecule has 0 saturated heterocycles. The zero-order valence-corrected chi connectivity index (χ0v) is 12.6. The number of esters is 1. The largest absolute Gasteiger partial charge is 0.469 e. The highest BCUT2D eigenvalue weighted by atomic mass is 16.5. The molecule has 1 amide bonds. The lowest BCUT2D eigenvalue weighted by molar-refractivity contribution is -0.145. The fourth-order valence-electron chi connectivity index (χ4n) is 1.90. The molecule has 0 aliphatic rings. The molecule has 21 heavy (non-hydrogen) atoms. The van der Waals surface area contributed by atoms with Crippen molar-refractivity contribution in [3.63, 3.8) is 0 Å². The lowest BCUT2D eigenvalue weighted by Crippen LogP contribution is -2.33. The van der Waals surface area contributed by atoms with Crippen molar-refractivity contribution in [1.82, 2.24) is 5.32 Å². The van der Waals surface area contributed by atoms with E-state index in [1.165, 1.54) is 7.11 Å². The molecule has 0 heterocycles. The number of benzene rings is 1. The number of alkyl carbamates (subject to hydrolysis) is 1. The third-order valence-corrected chi connectivity index (χ3v) is 3.15. The number of ether oxygens (including phenoxy) is 2. The minimum atomic E-state index is -0.524. The average molecular weight is 293 g/mol. The van der Waals surface area contributed by atoms with Gasteiger partial charge in [0.1, 0.15) is 6.61 Å². The quantitative estimate of drug-likeness (QED) is 0.748. The minimum absolute atomic E-state index is 0.213. The number of nitrogens with one attached hydrogen (secondary N) is 1. The van der Waals surface area contributed by atoms with Gasteiger partial charge >= 0.3 is 12.1 Å². The highest BCUT2D eigenvalue weighted by Gasteiger charge is 2.19. The maximum Gasteiger partial charge on any atom is 0.407 e. The van der Waals surface area contributed by atoms with E-state index in [-0.39, 0.29) is 25.0 Å². The molecule has 0 bridgehead atoms. The summed E-state index contributed by atoms with van der Waals surface area (Å²) < 4.78 is 9.83. The number of amides is 1. The zero-order valence-electron chi connectivity index (χ0n) is 12.6. The van der Waals surface area contributed by atoms with Crippen LogP contribution in [0, 0.1) is 5.92 Å². The standard InChI is InChI=1S/C16H23NO4/c1-3-4-10-14(15(18)20-2)11-17-16(19)21-12-13-8-6-5-7-9-13/h5-9,14H,3-4,10-12H2,1-2H3,(H,17,19). The Morgan fingerprint density at radius 1 is 1.24 bits per heavy atom. The first-order valence-electron chi connectivity index (χ1n) is 7.19. The Labute approximate surface area is 125 Å². The highest BCUT2D eigenvalue weighted by molar-refractivity contribution is 5.74. The molecule has 5 nitrogen and oxygen atoms in total. The first-order valence-corrected chi connectivity index (χ1v) is 7.19. The van der Waals surface area contributed by atoms with Crippen LogP contribution in [-0.4, -0.2) is 25.7 Å². The summed E-state index contributed by atoms with van der Waals surface area (Å²) in [4.78, 5) is 23.2. The molecular formula is C16H23NO4. The van der Waals surface area contributed by atoms with Gasteiger partial charge in [0.2, 0.25) is 0 Å². The monoisotopic (exact) mass is 293 g/mol. The Bertz CT molecular complexity index is 433. The third kappa shape index (κ3) is 6.79. The summed E-state index contributed by atoms with van der Waals surface area (Å²) in [6, 6.07) is 9.43. The second kappa shape index (κ2) is 9.80. The third-order valence-electron chi connectivity index (χ3n) is 3.15. The molecule has 1 atom stereocenters. The number of hydrogen-bond acceptors (Lipinski definition) is 4. The van der Waals surface area contributed by atoms with Gasteiger partial charge in [-0.05, 0) is 12.0 Å². The Hall–Kier alpha value is -2.04. The topological polar surface area (TPSA) is 64.6 Å². The van der Waals surface area contributed by atoms with Crippen molar-refractivity contribution in [3.05, 3.63) is 35.9 Å². The van der Waals surface area contributed by atoms with Crippen LogP contribution >= 0.6 is 0 Å². The van der Waals surface area contributed by atoms with E-state index in [0.29, 0.717) is 6.42 Å². The van der Waals surface area contributed by atoms with Gasteiger partial charge in [-0.3, -0.25) is 4.79 Å². The number of unbranched alkanes of at least 4 members (excludes halogenated alkanes) is 1. The summed E-state index contributed by atoms with van der Waals surface area (Å²) in [6.07, 6.45) is 2.08. The van der Waals surface area contributed by atoms with Crippen molar-refractivity contribution in [2.45, 2.75) is 32.8 Å². The summed E-state index contributed by atoms with van der Waals surface area (Å²) in [5.41, 5.74) is 0.920. The fourth-order valence-corrected chi connectivity index (χ4v) is 1.90. The van der Waals surface area contributed by atoms with E-state index in [2.05, 4.69) is 12.2 Å². The highest BCUT2D eigenvalue weighted by Crippen LogP contribution is 2.09. The Morgan fingerprint density at radius 2 is 1.95 bits per heavy atom. The molecule has 0 aliphatic carbocycles. The predicted molar refractivity (Wildman–Crippen MR) is 79.7 cm³/mol. The van der Waals surface area contributed by atoms with Crippen molar-refractivity contribution >= 4 is 12.1 Å². The van der Waals surface area contributed by atoms with Crippen LogP contribution in [0.2, 0.25) is 0 Å². The molecule has 0 fully saturated rings. The van der Waals surface area contributed by atoms with Gasteiger partial charge in [0.15, 0.2) is 0 Å². The Morgan fingerprint density at radius 3 is 2.57 bits per heavy atom. The van der Waals surface area contributed by atoms with Crippen molar-refractivity contribution in [2.75, 3.05) is 13.7 Å². The van der Waals surface area contributed by atoms with E-state index in [1.54, 1.807) is 0 Å². The molecule has 0 saturated carbocycles.